The Bertz CT molecular complexity index is 776. The summed E-state index contributed by atoms with van der Waals surface area (Å²) in [5, 5.41) is 0. The zero-order chi connectivity index (χ0) is 19.5. The van der Waals surface area contributed by atoms with Crippen LogP contribution in [0.2, 0.25) is 0 Å². The molecule has 0 aliphatic rings. The largest absolute Gasteiger partial charge is 0.494 e. The monoisotopic (exact) mass is 387 g/mol. The number of halogens is 4. The molecule has 0 aromatic heterocycles. The van der Waals surface area contributed by atoms with Gasteiger partial charge in [-0.15, -0.1) is 0 Å². The number of anilines is 1. The van der Waals surface area contributed by atoms with Crippen molar-refractivity contribution in [3.05, 3.63) is 53.8 Å². The molecule has 0 saturated carbocycles. The number of alkyl halides is 3. The van der Waals surface area contributed by atoms with Crippen LogP contribution in [0.5, 0.6) is 5.75 Å². The smallest absolute Gasteiger partial charge is 0.446 e. The van der Waals surface area contributed by atoms with Gasteiger partial charge in [-0.25, -0.2) is 4.39 Å². The van der Waals surface area contributed by atoms with Crippen LogP contribution in [0.3, 0.4) is 0 Å². The summed E-state index contributed by atoms with van der Waals surface area (Å²) in [5.74, 6) is -0.994. The highest BCUT2D eigenvalue weighted by molar-refractivity contribution is 8.00. The Hall–Kier alpha value is -2.22. The Kier molecular flexibility index (Phi) is 6.17. The lowest BCUT2D eigenvalue weighted by Crippen LogP contribution is -2.37. The van der Waals surface area contributed by atoms with Gasteiger partial charge in [-0.3, -0.25) is 4.79 Å². The molecule has 0 aliphatic heterocycles. The predicted octanol–water partition coefficient (Wildman–Crippen LogP) is 5.50. The first-order chi connectivity index (χ1) is 12.1. The van der Waals surface area contributed by atoms with Crippen molar-refractivity contribution < 1.29 is 27.1 Å². The summed E-state index contributed by atoms with van der Waals surface area (Å²) in [6.45, 7) is 3.52. The first-order valence-corrected chi connectivity index (χ1v) is 8.47. The average Bonchev–Trinajstić information content (AvgIpc) is 2.54. The van der Waals surface area contributed by atoms with E-state index in [-0.39, 0.29) is 34.0 Å². The molecule has 2 aromatic carbocycles. The Morgan fingerprint density at radius 3 is 2.19 bits per heavy atom. The molecule has 0 unspecified atom stereocenters. The van der Waals surface area contributed by atoms with Crippen LogP contribution >= 0.6 is 11.8 Å². The average molecular weight is 387 g/mol. The third-order valence-corrected chi connectivity index (χ3v) is 4.22. The van der Waals surface area contributed by atoms with Gasteiger partial charge in [-0.05, 0) is 62.0 Å². The molecule has 0 N–H and O–H groups in total. The van der Waals surface area contributed by atoms with E-state index in [2.05, 4.69) is 0 Å². The van der Waals surface area contributed by atoms with Gasteiger partial charge in [0.2, 0.25) is 0 Å². The molecule has 0 saturated heterocycles. The summed E-state index contributed by atoms with van der Waals surface area (Å²) in [6, 6.07) is 8.97. The maximum atomic E-state index is 14.0. The van der Waals surface area contributed by atoms with Crippen molar-refractivity contribution in [1.29, 1.82) is 0 Å². The van der Waals surface area contributed by atoms with Gasteiger partial charge in [0.25, 0.3) is 5.91 Å². The number of carbonyl (C=O) groups excluding carboxylic acids is 1. The molecule has 2 aromatic rings. The molecule has 0 bridgehead atoms. The summed E-state index contributed by atoms with van der Waals surface area (Å²) in [7, 11) is 1.34. The fourth-order valence-electron chi connectivity index (χ4n) is 2.39. The van der Waals surface area contributed by atoms with E-state index in [0.29, 0.717) is 5.69 Å². The number of benzene rings is 2. The molecule has 0 fully saturated rings. The van der Waals surface area contributed by atoms with Crippen molar-refractivity contribution in [2.45, 2.75) is 30.3 Å². The van der Waals surface area contributed by atoms with E-state index in [4.69, 9.17) is 4.74 Å². The van der Waals surface area contributed by atoms with Gasteiger partial charge in [0, 0.05) is 28.3 Å². The van der Waals surface area contributed by atoms with Crippen LogP contribution in [0.1, 0.15) is 24.2 Å². The summed E-state index contributed by atoms with van der Waals surface area (Å²) in [6.07, 6.45) is 0. The fraction of sp³-hybridized carbons (Fsp3) is 0.278. The van der Waals surface area contributed by atoms with Crippen LogP contribution in [0, 0.1) is 5.82 Å². The normalized spacial score (nSPS) is 11.5. The van der Waals surface area contributed by atoms with E-state index >= 15 is 0 Å². The second-order valence-electron chi connectivity index (χ2n) is 5.66. The number of nitrogens with zero attached hydrogens (tertiary/aromatic N) is 1. The maximum absolute atomic E-state index is 14.0. The van der Waals surface area contributed by atoms with Gasteiger partial charge in [-0.1, -0.05) is 0 Å². The van der Waals surface area contributed by atoms with Crippen molar-refractivity contribution >= 4 is 23.4 Å². The van der Waals surface area contributed by atoms with Crippen molar-refractivity contribution in [3.8, 4) is 5.75 Å². The van der Waals surface area contributed by atoms with Crippen LogP contribution < -0.4 is 9.64 Å². The van der Waals surface area contributed by atoms with Gasteiger partial charge >= 0.3 is 5.51 Å². The first-order valence-electron chi connectivity index (χ1n) is 7.65. The second-order valence-corrected chi connectivity index (χ2v) is 6.80. The maximum Gasteiger partial charge on any atom is 0.446 e. The Balaban J connectivity index is 2.30. The lowest BCUT2D eigenvalue weighted by atomic mass is 10.1. The van der Waals surface area contributed by atoms with Gasteiger partial charge in [-0.2, -0.15) is 13.2 Å². The quantitative estimate of drug-likeness (QED) is 0.501. The number of hydrogen-bond acceptors (Lipinski definition) is 3. The van der Waals surface area contributed by atoms with Crippen LogP contribution in [0.4, 0.5) is 23.2 Å². The standard InChI is InChI=1S/C18H17F4NO2S/c1-11(2)23(13-6-9-16(25-3)15(19)10-13)17(24)12-4-7-14(8-5-12)26-18(20,21)22/h4-11H,1-3H3. The molecule has 2 rings (SSSR count). The number of amides is 1. The Labute approximate surface area is 152 Å². The van der Waals surface area contributed by atoms with Crippen LogP contribution in [-0.4, -0.2) is 24.6 Å². The molecule has 3 nitrogen and oxygen atoms in total. The highest BCUT2D eigenvalue weighted by Gasteiger charge is 2.29. The molecular weight excluding hydrogens is 370 g/mol. The van der Waals surface area contributed by atoms with Crippen molar-refractivity contribution in [2.75, 3.05) is 12.0 Å². The molecule has 0 atom stereocenters. The molecular formula is C18H17F4NO2S. The van der Waals surface area contributed by atoms with Gasteiger partial charge in [0.05, 0.1) is 7.11 Å². The number of thioether (sulfide) groups is 1. The minimum Gasteiger partial charge on any atom is -0.494 e. The van der Waals surface area contributed by atoms with Crippen molar-refractivity contribution in [2.24, 2.45) is 0 Å². The zero-order valence-electron chi connectivity index (χ0n) is 14.3. The SMILES string of the molecule is COc1ccc(N(C(=O)c2ccc(SC(F)(F)F)cc2)C(C)C)cc1F. The van der Waals surface area contributed by atoms with E-state index in [1.807, 2.05) is 0 Å². The molecule has 0 heterocycles. The number of ether oxygens (including phenoxy) is 1. The van der Waals surface area contributed by atoms with Crippen LogP contribution in [0.15, 0.2) is 47.4 Å². The topological polar surface area (TPSA) is 29.5 Å². The molecule has 0 aliphatic carbocycles. The van der Waals surface area contributed by atoms with Gasteiger partial charge in [0.15, 0.2) is 11.6 Å². The minimum absolute atomic E-state index is 0.0133. The van der Waals surface area contributed by atoms with Crippen molar-refractivity contribution in [3.63, 3.8) is 0 Å². The summed E-state index contributed by atoms with van der Waals surface area (Å²) in [5.41, 5.74) is -3.85. The second kappa shape index (κ2) is 7.99. The third-order valence-electron chi connectivity index (χ3n) is 3.48. The van der Waals surface area contributed by atoms with Crippen LogP contribution in [-0.2, 0) is 0 Å². The van der Waals surface area contributed by atoms with Gasteiger partial charge in [0.1, 0.15) is 0 Å². The fourth-order valence-corrected chi connectivity index (χ4v) is 2.93. The number of methoxy groups -OCH3 is 1. The highest BCUT2D eigenvalue weighted by atomic mass is 32.2. The van der Waals surface area contributed by atoms with E-state index in [1.165, 1.54) is 48.4 Å². The summed E-state index contributed by atoms with van der Waals surface area (Å²) in [4.78, 5) is 14.1. The lowest BCUT2D eigenvalue weighted by molar-refractivity contribution is -0.0328. The van der Waals surface area contributed by atoms with E-state index in [9.17, 15) is 22.4 Å². The predicted molar refractivity (Wildman–Crippen MR) is 93.3 cm³/mol. The molecule has 0 spiro atoms. The van der Waals surface area contributed by atoms with Crippen molar-refractivity contribution in [1.82, 2.24) is 0 Å². The Morgan fingerprint density at radius 2 is 1.73 bits per heavy atom. The number of hydrogen-bond donors (Lipinski definition) is 0. The van der Waals surface area contributed by atoms with E-state index in [1.54, 1.807) is 19.9 Å². The number of rotatable bonds is 5. The molecule has 140 valence electrons. The van der Waals surface area contributed by atoms with Gasteiger partial charge < -0.3 is 9.64 Å². The molecule has 1 amide bonds. The lowest BCUT2D eigenvalue weighted by Gasteiger charge is -2.27. The number of carbonyl (C=O) groups is 1. The minimum atomic E-state index is -4.39. The Morgan fingerprint density at radius 1 is 1.12 bits per heavy atom. The first kappa shape index (κ1) is 20.1. The zero-order valence-corrected chi connectivity index (χ0v) is 15.1. The molecule has 26 heavy (non-hydrogen) atoms. The molecule has 8 heteroatoms. The highest BCUT2D eigenvalue weighted by Crippen LogP contribution is 2.37. The van der Waals surface area contributed by atoms with Crippen LogP contribution in [0.25, 0.3) is 0 Å². The third kappa shape index (κ3) is 4.91. The van der Waals surface area contributed by atoms with E-state index in [0.717, 1.165) is 0 Å². The summed E-state index contributed by atoms with van der Waals surface area (Å²) < 4.78 is 56.0. The molecule has 0 radical (unpaired) electrons. The van der Waals surface area contributed by atoms with E-state index < -0.39 is 17.2 Å². The summed E-state index contributed by atoms with van der Waals surface area (Å²) >= 11 is -0.250.